The molecule has 3 rings (SSSR count). The summed E-state index contributed by atoms with van der Waals surface area (Å²) in [4.78, 5) is 24.9. The zero-order valence-corrected chi connectivity index (χ0v) is 20.0. The molecule has 0 unspecified atom stereocenters. The van der Waals surface area contributed by atoms with Crippen molar-refractivity contribution in [2.45, 2.75) is 11.2 Å². The number of anilines is 1. The third kappa shape index (κ3) is 6.38. The number of ether oxygens (including phenoxy) is 1. The second-order valence-electron chi connectivity index (χ2n) is 6.80. The summed E-state index contributed by atoms with van der Waals surface area (Å²) in [5.74, 6) is 0.325. The molecule has 1 heterocycles. The van der Waals surface area contributed by atoms with E-state index in [1.807, 2.05) is 0 Å². The summed E-state index contributed by atoms with van der Waals surface area (Å²) in [5, 5.41) is 24.6. The molecule has 1 atom stereocenters. The van der Waals surface area contributed by atoms with Gasteiger partial charge in [0.05, 0.1) is 30.2 Å². The topological polar surface area (TPSA) is 118 Å². The van der Waals surface area contributed by atoms with E-state index in [1.165, 1.54) is 7.11 Å². The van der Waals surface area contributed by atoms with Crippen molar-refractivity contribution in [3.05, 3.63) is 63.9 Å². The standard InChI is InChI=1S/C21H21Cl2N5O4S/c1-28-19(17(10-29)25-20(31)12-3-6-14(32-2)7-4-12)26-27-21(28)33-11-18(30)24-16-9-13(22)5-8-15(16)23/h3-9,17,29H,10-11H2,1-2H3,(H,24,30)(H,25,31)/t17-/m1/s1. The molecular weight excluding hydrogens is 489 g/mol. The van der Waals surface area contributed by atoms with E-state index in [0.717, 1.165) is 11.8 Å². The lowest BCUT2D eigenvalue weighted by Gasteiger charge is -2.16. The highest BCUT2D eigenvalue weighted by Crippen LogP contribution is 2.26. The Morgan fingerprint density at radius 3 is 2.58 bits per heavy atom. The zero-order valence-electron chi connectivity index (χ0n) is 17.7. The van der Waals surface area contributed by atoms with Crippen molar-refractivity contribution in [2.75, 3.05) is 24.8 Å². The number of benzene rings is 2. The van der Waals surface area contributed by atoms with Crippen LogP contribution in [0.4, 0.5) is 5.69 Å². The number of nitrogens with zero attached hydrogens (tertiary/aromatic N) is 3. The normalized spacial score (nSPS) is 11.7. The van der Waals surface area contributed by atoms with Gasteiger partial charge >= 0.3 is 0 Å². The molecule has 0 bridgehead atoms. The molecule has 3 aromatic rings. The van der Waals surface area contributed by atoms with Crippen LogP contribution < -0.4 is 15.4 Å². The molecule has 3 N–H and O–H groups in total. The third-order valence-corrected chi connectivity index (χ3v) is 6.14. The molecule has 0 radical (unpaired) electrons. The van der Waals surface area contributed by atoms with E-state index < -0.39 is 6.04 Å². The molecule has 0 aliphatic rings. The van der Waals surface area contributed by atoms with Crippen LogP contribution in [0.2, 0.25) is 10.0 Å². The predicted octanol–water partition coefficient (Wildman–Crippen LogP) is 3.32. The van der Waals surface area contributed by atoms with E-state index in [4.69, 9.17) is 27.9 Å². The number of thioether (sulfide) groups is 1. The minimum atomic E-state index is -0.787. The Kier molecular flexibility index (Phi) is 8.56. The first kappa shape index (κ1) is 24.8. The van der Waals surface area contributed by atoms with Crippen LogP contribution in [0.1, 0.15) is 22.2 Å². The maximum Gasteiger partial charge on any atom is 0.251 e. The summed E-state index contributed by atoms with van der Waals surface area (Å²) in [7, 11) is 3.22. The molecule has 0 spiro atoms. The lowest BCUT2D eigenvalue weighted by Crippen LogP contribution is -2.32. The smallest absolute Gasteiger partial charge is 0.251 e. The number of aliphatic hydroxyl groups is 1. The number of aromatic nitrogens is 3. The van der Waals surface area contributed by atoms with Crippen LogP contribution in [-0.4, -0.2) is 51.2 Å². The number of amides is 2. The minimum absolute atomic E-state index is 0.0385. The Morgan fingerprint density at radius 1 is 1.18 bits per heavy atom. The lowest BCUT2D eigenvalue weighted by atomic mass is 10.2. The molecule has 12 heteroatoms. The van der Waals surface area contributed by atoms with Crippen LogP contribution in [-0.2, 0) is 11.8 Å². The van der Waals surface area contributed by atoms with Gasteiger partial charge in [-0.1, -0.05) is 35.0 Å². The van der Waals surface area contributed by atoms with Crippen molar-refractivity contribution in [2.24, 2.45) is 7.05 Å². The Hall–Kier alpha value is -2.79. The Morgan fingerprint density at radius 2 is 1.91 bits per heavy atom. The number of aliphatic hydroxyl groups excluding tert-OH is 1. The van der Waals surface area contributed by atoms with E-state index in [-0.39, 0.29) is 24.2 Å². The number of hydrogen-bond acceptors (Lipinski definition) is 7. The van der Waals surface area contributed by atoms with Gasteiger partial charge in [-0.3, -0.25) is 9.59 Å². The van der Waals surface area contributed by atoms with Crippen LogP contribution in [0, 0.1) is 0 Å². The van der Waals surface area contributed by atoms with Crippen LogP contribution in [0.3, 0.4) is 0 Å². The first-order chi connectivity index (χ1) is 15.8. The fourth-order valence-electron chi connectivity index (χ4n) is 2.84. The van der Waals surface area contributed by atoms with Gasteiger partial charge in [0.25, 0.3) is 5.91 Å². The molecule has 0 fully saturated rings. The fraction of sp³-hybridized carbons (Fsp3) is 0.238. The molecule has 0 aliphatic heterocycles. The van der Waals surface area contributed by atoms with Crippen molar-refractivity contribution in [3.63, 3.8) is 0 Å². The highest BCUT2D eigenvalue weighted by molar-refractivity contribution is 7.99. The molecule has 2 amide bonds. The van der Waals surface area contributed by atoms with E-state index >= 15 is 0 Å². The highest BCUT2D eigenvalue weighted by atomic mass is 35.5. The molecule has 174 valence electrons. The summed E-state index contributed by atoms with van der Waals surface area (Å²) in [6.07, 6.45) is 0. The quantitative estimate of drug-likeness (QED) is 0.378. The van der Waals surface area contributed by atoms with Crippen LogP contribution >= 0.6 is 35.0 Å². The third-order valence-electron chi connectivity index (χ3n) is 4.56. The Labute approximate surface area is 204 Å². The SMILES string of the molecule is COc1ccc(C(=O)N[C@H](CO)c2nnc(SCC(=O)Nc3cc(Cl)ccc3Cl)n2C)cc1. The second-order valence-corrected chi connectivity index (χ2v) is 8.58. The number of hydrogen-bond donors (Lipinski definition) is 3. The summed E-state index contributed by atoms with van der Waals surface area (Å²) in [6.45, 7) is -0.383. The number of carbonyl (C=O) groups excluding carboxylic acids is 2. The zero-order chi connectivity index (χ0) is 24.0. The van der Waals surface area contributed by atoms with Crippen LogP contribution in [0.25, 0.3) is 0 Å². The van der Waals surface area contributed by atoms with Crippen LogP contribution in [0.15, 0.2) is 47.6 Å². The van der Waals surface area contributed by atoms with E-state index in [0.29, 0.717) is 38.0 Å². The number of rotatable bonds is 9. The average molecular weight is 510 g/mol. The van der Waals surface area contributed by atoms with Gasteiger partial charge in [0.15, 0.2) is 11.0 Å². The second kappa shape index (κ2) is 11.4. The number of halogens is 2. The number of nitrogens with one attached hydrogen (secondary N) is 2. The molecule has 0 saturated carbocycles. The monoisotopic (exact) mass is 509 g/mol. The Bertz CT molecular complexity index is 1140. The summed E-state index contributed by atoms with van der Waals surface area (Å²) in [5.41, 5.74) is 0.817. The number of carbonyl (C=O) groups is 2. The molecule has 0 saturated heterocycles. The van der Waals surface area contributed by atoms with Gasteiger partial charge in [0.1, 0.15) is 11.8 Å². The maximum absolute atomic E-state index is 12.5. The first-order valence-electron chi connectivity index (χ1n) is 9.65. The maximum atomic E-state index is 12.5. The van der Waals surface area contributed by atoms with Gasteiger partial charge in [-0.25, -0.2) is 0 Å². The van der Waals surface area contributed by atoms with Crippen molar-refractivity contribution in [1.82, 2.24) is 20.1 Å². The van der Waals surface area contributed by atoms with Gasteiger partial charge in [-0.05, 0) is 42.5 Å². The van der Waals surface area contributed by atoms with E-state index in [9.17, 15) is 14.7 Å². The van der Waals surface area contributed by atoms with Gasteiger partial charge in [0, 0.05) is 17.6 Å². The summed E-state index contributed by atoms with van der Waals surface area (Å²) < 4.78 is 6.70. The predicted molar refractivity (Wildman–Crippen MR) is 127 cm³/mol. The van der Waals surface area contributed by atoms with Crippen molar-refractivity contribution >= 4 is 52.5 Å². The lowest BCUT2D eigenvalue weighted by molar-refractivity contribution is -0.113. The van der Waals surface area contributed by atoms with E-state index in [2.05, 4.69) is 20.8 Å². The molecule has 1 aromatic heterocycles. The van der Waals surface area contributed by atoms with E-state index in [1.54, 1.807) is 54.1 Å². The molecule has 33 heavy (non-hydrogen) atoms. The minimum Gasteiger partial charge on any atom is -0.497 e. The first-order valence-corrected chi connectivity index (χ1v) is 11.4. The van der Waals surface area contributed by atoms with Crippen molar-refractivity contribution in [1.29, 1.82) is 0 Å². The number of methoxy groups -OCH3 is 1. The van der Waals surface area contributed by atoms with Crippen LogP contribution in [0.5, 0.6) is 5.75 Å². The molecule has 0 aliphatic carbocycles. The fourth-order valence-corrected chi connectivity index (χ4v) is 3.90. The van der Waals surface area contributed by atoms with Gasteiger partial charge < -0.3 is 25.0 Å². The van der Waals surface area contributed by atoms with Gasteiger partial charge in [0.2, 0.25) is 5.91 Å². The largest absolute Gasteiger partial charge is 0.497 e. The molecular formula is C21H21Cl2N5O4S. The molecule has 9 nitrogen and oxygen atoms in total. The van der Waals surface area contributed by atoms with Crippen molar-refractivity contribution in [3.8, 4) is 5.75 Å². The summed E-state index contributed by atoms with van der Waals surface area (Å²) in [6, 6.07) is 10.6. The highest BCUT2D eigenvalue weighted by Gasteiger charge is 2.22. The molecule has 2 aromatic carbocycles. The average Bonchev–Trinajstić information content (AvgIpc) is 3.18. The van der Waals surface area contributed by atoms with Crippen molar-refractivity contribution < 1.29 is 19.4 Å². The van der Waals surface area contributed by atoms with Gasteiger partial charge in [-0.2, -0.15) is 0 Å². The Balaban J connectivity index is 1.62. The van der Waals surface area contributed by atoms with Gasteiger partial charge in [-0.15, -0.1) is 10.2 Å². The summed E-state index contributed by atoms with van der Waals surface area (Å²) >= 11 is 13.1.